The van der Waals surface area contributed by atoms with Crippen LogP contribution in [0.2, 0.25) is 5.02 Å². The van der Waals surface area contributed by atoms with E-state index in [9.17, 15) is 0 Å². The maximum Gasteiger partial charge on any atom is 0.225 e. The van der Waals surface area contributed by atoms with Gasteiger partial charge in [-0.15, -0.1) is 0 Å². The SMILES string of the molecule is CCOc1ccc(Cc2cc(C34OCC(COCc5ccccc5)(O3)[C@@H](OCc3ccccc3)[C@H](OCc3ccccc3)[C@H]4OCc3ccccc3)ccc2Cl)cc1. The van der Waals surface area contributed by atoms with Crippen LogP contribution in [0.5, 0.6) is 5.75 Å². The molecule has 2 bridgehead atoms. The molecular weight excluding hydrogens is 748 g/mol. The number of halogens is 1. The molecule has 6 aromatic rings. The summed E-state index contributed by atoms with van der Waals surface area (Å²) in [5.41, 5.74) is 5.83. The first-order chi connectivity index (χ1) is 28.5. The molecule has 2 fully saturated rings. The molecule has 2 saturated heterocycles. The van der Waals surface area contributed by atoms with Crippen molar-refractivity contribution in [2.45, 2.75) is 69.5 Å². The molecule has 0 aliphatic carbocycles. The Hall–Kier alpha value is -4.83. The lowest BCUT2D eigenvalue weighted by atomic mass is 9.82. The van der Waals surface area contributed by atoms with Crippen molar-refractivity contribution in [3.8, 4) is 5.75 Å². The molecule has 2 unspecified atom stereocenters. The van der Waals surface area contributed by atoms with Gasteiger partial charge in [0.2, 0.25) is 5.79 Å². The van der Waals surface area contributed by atoms with Gasteiger partial charge in [-0.3, -0.25) is 0 Å². The monoisotopic (exact) mass is 796 g/mol. The van der Waals surface area contributed by atoms with E-state index in [0.717, 1.165) is 44.7 Å². The third-order valence-electron chi connectivity index (χ3n) is 10.7. The summed E-state index contributed by atoms with van der Waals surface area (Å²) in [6, 6.07) is 54.6. The highest BCUT2D eigenvalue weighted by Crippen LogP contribution is 2.53. The van der Waals surface area contributed by atoms with Crippen molar-refractivity contribution in [2.24, 2.45) is 0 Å². The number of ether oxygens (including phenoxy) is 7. The highest BCUT2D eigenvalue weighted by molar-refractivity contribution is 6.31. The molecule has 0 N–H and O–H groups in total. The highest BCUT2D eigenvalue weighted by atomic mass is 35.5. The van der Waals surface area contributed by atoms with Gasteiger partial charge < -0.3 is 33.2 Å². The van der Waals surface area contributed by atoms with Gasteiger partial charge in [-0.2, -0.15) is 0 Å². The van der Waals surface area contributed by atoms with Crippen LogP contribution in [0, 0.1) is 0 Å². The fraction of sp³-hybridized carbons (Fsp3) is 0.280. The second kappa shape index (κ2) is 18.8. The zero-order chi connectivity index (χ0) is 39.6. The third kappa shape index (κ3) is 9.22. The molecule has 298 valence electrons. The van der Waals surface area contributed by atoms with E-state index < -0.39 is 29.7 Å². The smallest absolute Gasteiger partial charge is 0.225 e. The van der Waals surface area contributed by atoms with Gasteiger partial charge in [0.25, 0.3) is 0 Å². The molecule has 2 aliphatic rings. The van der Waals surface area contributed by atoms with E-state index in [2.05, 4.69) is 54.6 Å². The molecule has 0 amide bonds. The number of rotatable bonds is 18. The van der Waals surface area contributed by atoms with Crippen LogP contribution in [0.4, 0.5) is 0 Å². The largest absolute Gasteiger partial charge is 0.494 e. The van der Waals surface area contributed by atoms with Gasteiger partial charge in [-0.25, -0.2) is 0 Å². The molecule has 7 nitrogen and oxygen atoms in total. The van der Waals surface area contributed by atoms with E-state index in [1.54, 1.807) is 0 Å². The number of fused-ring (bicyclic) bond motifs is 2. The Morgan fingerprint density at radius 3 is 1.69 bits per heavy atom. The van der Waals surface area contributed by atoms with Crippen molar-refractivity contribution in [1.82, 2.24) is 0 Å². The van der Waals surface area contributed by atoms with Crippen molar-refractivity contribution in [1.29, 1.82) is 0 Å². The standard InChI is InChI=1S/C50H49ClO7/c1-2-53-44-26-23-37(24-27-44)29-42-30-43(25-28-45(42)51)50-48(56-34-41-21-13-6-14-22-41)46(54-32-39-17-9-4-10-18-39)47(55-33-40-19-11-5-12-20-40)49(58-50,36-57-50)35-52-31-38-15-7-3-8-16-38/h3-28,30,46-48H,2,29,31-36H2,1H3/t46-,47-,48+,49?,50?/m0/s1. The lowest BCUT2D eigenvalue weighted by molar-refractivity contribution is -0.354. The molecule has 6 aromatic carbocycles. The van der Waals surface area contributed by atoms with E-state index in [1.165, 1.54) is 0 Å². The summed E-state index contributed by atoms with van der Waals surface area (Å²) in [5, 5.41) is 0.642. The molecule has 58 heavy (non-hydrogen) atoms. The molecule has 5 atom stereocenters. The molecular formula is C50H49ClO7. The van der Waals surface area contributed by atoms with E-state index in [0.29, 0.717) is 44.5 Å². The summed E-state index contributed by atoms with van der Waals surface area (Å²) < 4.78 is 47.9. The lowest BCUT2D eigenvalue weighted by Crippen LogP contribution is -2.67. The van der Waals surface area contributed by atoms with Crippen LogP contribution >= 0.6 is 11.6 Å². The van der Waals surface area contributed by atoms with Crippen LogP contribution in [0.3, 0.4) is 0 Å². The summed E-state index contributed by atoms with van der Waals surface area (Å²) in [7, 11) is 0. The van der Waals surface area contributed by atoms with Crippen LogP contribution < -0.4 is 4.74 Å². The summed E-state index contributed by atoms with van der Waals surface area (Å²) >= 11 is 6.96. The molecule has 8 rings (SSSR count). The van der Waals surface area contributed by atoms with E-state index in [1.807, 2.05) is 116 Å². The molecule has 0 saturated carbocycles. The molecule has 2 aliphatic heterocycles. The van der Waals surface area contributed by atoms with Crippen molar-refractivity contribution in [3.63, 3.8) is 0 Å². The zero-order valence-electron chi connectivity index (χ0n) is 32.7. The van der Waals surface area contributed by atoms with Crippen LogP contribution in [0.1, 0.15) is 45.9 Å². The normalized spacial score (nSPS) is 22.5. The first-order valence-corrected chi connectivity index (χ1v) is 20.3. The van der Waals surface area contributed by atoms with Gasteiger partial charge in [-0.1, -0.05) is 151 Å². The second-order valence-electron chi connectivity index (χ2n) is 14.9. The van der Waals surface area contributed by atoms with E-state index in [-0.39, 0.29) is 13.2 Å². The Balaban J connectivity index is 1.21. The Labute approximate surface area is 346 Å². The van der Waals surface area contributed by atoms with Crippen molar-refractivity contribution in [2.75, 3.05) is 19.8 Å². The Morgan fingerprint density at radius 1 is 0.586 bits per heavy atom. The minimum Gasteiger partial charge on any atom is -0.494 e. The van der Waals surface area contributed by atoms with Crippen molar-refractivity contribution >= 4 is 11.6 Å². The average molecular weight is 797 g/mol. The van der Waals surface area contributed by atoms with Crippen molar-refractivity contribution in [3.05, 3.63) is 208 Å². The maximum atomic E-state index is 7.43. The second-order valence-corrected chi connectivity index (χ2v) is 15.3. The predicted molar refractivity (Wildman–Crippen MR) is 224 cm³/mol. The Kier molecular flexibility index (Phi) is 13.0. The average Bonchev–Trinajstić information content (AvgIpc) is 3.62. The fourth-order valence-corrected chi connectivity index (χ4v) is 8.04. The lowest BCUT2D eigenvalue weighted by Gasteiger charge is -2.51. The first-order valence-electron chi connectivity index (χ1n) is 20.0. The number of hydrogen-bond donors (Lipinski definition) is 0. The molecule has 8 heteroatoms. The quantitative estimate of drug-likeness (QED) is 0.0858. The van der Waals surface area contributed by atoms with E-state index >= 15 is 0 Å². The summed E-state index contributed by atoms with van der Waals surface area (Å²) in [6.45, 7) is 4.28. The zero-order valence-corrected chi connectivity index (χ0v) is 33.5. The Morgan fingerprint density at radius 2 is 1.12 bits per heavy atom. The molecule has 0 spiro atoms. The van der Waals surface area contributed by atoms with E-state index in [4.69, 9.17) is 44.8 Å². The van der Waals surface area contributed by atoms with Crippen LogP contribution in [-0.2, 0) is 67.1 Å². The van der Waals surface area contributed by atoms with Gasteiger partial charge in [0.15, 0.2) is 0 Å². The van der Waals surface area contributed by atoms with Gasteiger partial charge in [-0.05, 0) is 71.0 Å². The summed E-state index contributed by atoms with van der Waals surface area (Å²) in [4.78, 5) is 0. The molecule has 0 aromatic heterocycles. The van der Waals surface area contributed by atoms with Crippen LogP contribution in [0.25, 0.3) is 0 Å². The van der Waals surface area contributed by atoms with Gasteiger partial charge in [0, 0.05) is 10.6 Å². The number of benzene rings is 6. The highest BCUT2D eigenvalue weighted by Gasteiger charge is 2.69. The van der Waals surface area contributed by atoms with Gasteiger partial charge >= 0.3 is 0 Å². The molecule has 2 heterocycles. The number of hydrogen-bond acceptors (Lipinski definition) is 7. The maximum absolute atomic E-state index is 7.43. The van der Waals surface area contributed by atoms with Gasteiger partial charge in [0.1, 0.15) is 29.7 Å². The summed E-state index contributed by atoms with van der Waals surface area (Å²) in [6.07, 6.45) is -1.50. The minimum atomic E-state index is -1.41. The predicted octanol–water partition coefficient (Wildman–Crippen LogP) is 10.3. The van der Waals surface area contributed by atoms with Crippen LogP contribution in [-0.4, -0.2) is 43.7 Å². The van der Waals surface area contributed by atoms with Gasteiger partial charge in [0.05, 0.1) is 46.2 Å². The molecule has 0 radical (unpaired) electrons. The summed E-state index contributed by atoms with van der Waals surface area (Å²) in [5.74, 6) is -0.577. The topological polar surface area (TPSA) is 64.6 Å². The minimum absolute atomic E-state index is 0.175. The van der Waals surface area contributed by atoms with Crippen LogP contribution in [0.15, 0.2) is 164 Å². The third-order valence-corrected chi connectivity index (χ3v) is 11.1. The fourth-order valence-electron chi connectivity index (χ4n) is 7.85. The van der Waals surface area contributed by atoms with Crippen molar-refractivity contribution < 1.29 is 33.2 Å². The first kappa shape index (κ1) is 40.0. The Bertz CT molecular complexity index is 2170.